The number of carbonyl (C=O) groups is 5. The average molecular weight is 501 g/mol. The van der Waals surface area contributed by atoms with Crippen molar-refractivity contribution in [3.8, 4) is 0 Å². The highest BCUT2D eigenvalue weighted by molar-refractivity contribution is 5.98. The monoisotopic (exact) mass is 501 g/mol. The van der Waals surface area contributed by atoms with Crippen molar-refractivity contribution in [2.45, 2.75) is 58.3 Å². The van der Waals surface area contributed by atoms with Crippen molar-refractivity contribution in [1.82, 2.24) is 5.32 Å². The Morgan fingerprint density at radius 2 is 1.33 bits per heavy atom. The fourth-order valence-electron chi connectivity index (χ4n) is 3.89. The molecule has 2 aromatic rings. The van der Waals surface area contributed by atoms with E-state index in [-0.39, 0.29) is 6.61 Å². The Balaban J connectivity index is 1.96. The molecular weight excluding hydrogens is 474 g/mol. The molecule has 0 spiro atoms. The summed E-state index contributed by atoms with van der Waals surface area (Å²) in [5.74, 6) is -3.47. The van der Waals surface area contributed by atoms with Crippen molar-refractivity contribution in [2.24, 2.45) is 0 Å². The summed E-state index contributed by atoms with van der Waals surface area (Å²) in [6.07, 6.45) is -6.55. The smallest absolute Gasteiger partial charge is 0.303 e. The minimum absolute atomic E-state index is 0.293. The normalized spacial score (nSPS) is 23.3. The summed E-state index contributed by atoms with van der Waals surface area (Å²) in [5, 5.41) is 4.40. The Morgan fingerprint density at radius 3 is 1.94 bits per heavy atom. The third kappa shape index (κ3) is 6.79. The maximum atomic E-state index is 13.1. The number of carbonyl (C=O) groups excluding carboxylic acids is 5. The lowest BCUT2D eigenvalue weighted by molar-refractivity contribution is -0.255. The molecule has 0 aromatic heterocycles. The first-order valence-electron chi connectivity index (χ1n) is 11.1. The molecule has 11 heteroatoms. The van der Waals surface area contributed by atoms with Crippen LogP contribution in [0, 0.1) is 0 Å². The lowest BCUT2D eigenvalue weighted by atomic mass is 9.97. The second-order valence-electron chi connectivity index (χ2n) is 8.16. The van der Waals surface area contributed by atoms with Crippen molar-refractivity contribution < 1.29 is 47.7 Å². The van der Waals surface area contributed by atoms with Gasteiger partial charge in [-0.25, -0.2) is 0 Å². The molecule has 0 aliphatic carbocycles. The zero-order chi connectivity index (χ0) is 26.4. The van der Waals surface area contributed by atoms with Gasteiger partial charge in [0.25, 0.3) is 5.91 Å². The number of fused-ring (bicyclic) bond motifs is 1. The van der Waals surface area contributed by atoms with Crippen LogP contribution in [-0.4, -0.2) is 67.0 Å². The molecule has 0 saturated carbocycles. The second-order valence-corrected chi connectivity index (χ2v) is 8.16. The van der Waals surface area contributed by atoms with Gasteiger partial charge in [0.15, 0.2) is 24.5 Å². The number of esters is 4. The molecule has 1 amide bonds. The van der Waals surface area contributed by atoms with E-state index in [0.29, 0.717) is 5.56 Å². The molecule has 11 nitrogen and oxygen atoms in total. The quantitative estimate of drug-likeness (QED) is 0.439. The standard InChI is InChI=1S/C25H27NO10/c1-13(27)32-12-20-21(33-14(2)28)22(34-15(3)29)23(35-16(4)30)25(36-20)26-24(31)19-10-9-17-7-5-6-8-18(17)11-19/h5-11,20-23,25H,12H2,1-4H3,(H,26,31)/t20-,21-,22+,23-,25-/m1/s1. The molecule has 3 rings (SSSR count). The van der Waals surface area contributed by atoms with Gasteiger partial charge in [-0.1, -0.05) is 30.3 Å². The number of hydrogen-bond donors (Lipinski definition) is 1. The summed E-state index contributed by atoms with van der Waals surface area (Å²) in [7, 11) is 0. The third-order valence-corrected chi connectivity index (χ3v) is 5.28. The average Bonchev–Trinajstić information content (AvgIpc) is 2.80. The topological polar surface area (TPSA) is 144 Å². The van der Waals surface area contributed by atoms with Crippen LogP contribution >= 0.6 is 0 Å². The molecule has 36 heavy (non-hydrogen) atoms. The van der Waals surface area contributed by atoms with Gasteiger partial charge in [-0.15, -0.1) is 0 Å². The van der Waals surface area contributed by atoms with Crippen LogP contribution in [0.4, 0.5) is 0 Å². The van der Waals surface area contributed by atoms with E-state index in [1.165, 1.54) is 6.92 Å². The summed E-state index contributed by atoms with van der Waals surface area (Å²) in [4.78, 5) is 60.2. The molecule has 2 aromatic carbocycles. The van der Waals surface area contributed by atoms with Crippen LogP contribution in [0.5, 0.6) is 0 Å². The van der Waals surface area contributed by atoms with E-state index < -0.39 is 60.4 Å². The van der Waals surface area contributed by atoms with Gasteiger partial charge in [0.05, 0.1) is 0 Å². The van der Waals surface area contributed by atoms with Gasteiger partial charge in [-0.05, 0) is 22.9 Å². The van der Waals surface area contributed by atoms with Crippen LogP contribution in [0.1, 0.15) is 38.1 Å². The van der Waals surface area contributed by atoms with Crippen molar-refractivity contribution >= 4 is 40.6 Å². The van der Waals surface area contributed by atoms with Gasteiger partial charge in [0.2, 0.25) is 0 Å². The van der Waals surface area contributed by atoms with Gasteiger partial charge in [-0.2, -0.15) is 0 Å². The Hall–Kier alpha value is -3.99. The van der Waals surface area contributed by atoms with Crippen LogP contribution in [0.3, 0.4) is 0 Å². The predicted octanol–water partition coefficient (Wildman–Crippen LogP) is 1.65. The van der Waals surface area contributed by atoms with E-state index >= 15 is 0 Å². The number of amides is 1. The lowest BCUT2D eigenvalue weighted by Crippen LogP contribution is -2.66. The maximum absolute atomic E-state index is 13.1. The maximum Gasteiger partial charge on any atom is 0.303 e. The number of rotatable bonds is 7. The fraction of sp³-hybridized carbons (Fsp3) is 0.400. The van der Waals surface area contributed by atoms with E-state index in [0.717, 1.165) is 31.5 Å². The van der Waals surface area contributed by atoms with Crippen LogP contribution in [0.25, 0.3) is 10.8 Å². The number of nitrogens with one attached hydrogen (secondary N) is 1. The Morgan fingerprint density at radius 1 is 0.750 bits per heavy atom. The van der Waals surface area contributed by atoms with Crippen molar-refractivity contribution in [2.75, 3.05) is 6.61 Å². The third-order valence-electron chi connectivity index (χ3n) is 5.28. The molecule has 1 heterocycles. The van der Waals surface area contributed by atoms with E-state index in [9.17, 15) is 24.0 Å². The highest BCUT2D eigenvalue weighted by Crippen LogP contribution is 2.29. The van der Waals surface area contributed by atoms with E-state index in [4.69, 9.17) is 23.7 Å². The molecule has 1 fully saturated rings. The number of ether oxygens (including phenoxy) is 5. The van der Waals surface area contributed by atoms with Crippen LogP contribution < -0.4 is 5.32 Å². The minimum atomic E-state index is -1.38. The second kappa shape index (κ2) is 11.6. The molecule has 5 atom stereocenters. The molecule has 0 bridgehead atoms. The van der Waals surface area contributed by atoms with Crippen molar-refractivity contribution in [3.05, 3.63) is 48.0 Å². The van der Waals surface area contributed by atoms with Gasteiger partial charge >= 0.3 is 23.9 Å². The first-order chi connectivity index (χ1) is 17.0. The number of hydrogen-bond acceptors (Lipinski definition) is 10. The summed E-state index contributed by atoms with van der Waals surface area (Å²) in [6, 6.07) is 12.5. The summed E-state index contributed by atoms with van der Waals surface area (Å²) in [5.41, 5.74) is 0.293. The molecule has 1 aliphatic rings. The molecule has 0 radical (unpaired) electrons. The largest absolute Gasteiger partial charge is 0.463 e. The molecule has 0 unspecified atom stereocenters. The molecular formula is C25H27NO10. The number of benzene rings is 2. The molecule has 192 valence electrons. The van der Waals surface area contributed by atoms with Gasteiger partial charge < -0.3 is 29.0 Å². The highest BCUT2D eigenvalue weighted by Gasteiger charge is 2.52. The zero-order valence-corrected chi connectivity index (χ0v) is 20.2. The summed E-state index contributed by atoms with van der Waals surface area (Å²) >= 11 is 0. The fourth-order valence-corrected chi connectivity index (χ4v) is 3.89. The first-order valence-corrected chi connectivity index (χ1v) is 11.1. The summed E-state index contributed by atoms with van der Waals surface area (Å²) in [6.45, 7) is 4.16. The van der Waals surface area contributed by atoms with Crippen LogP contribution in [0.15, 0.2) is 42.5 Å². The van der Waals surface area contributed by atoms with Crippen LogP contribution in [-0.2, 0) is 42.9 Å². The highest BCUT2D eigenvalue weighted by atomic mass is 16.7. The van der Waals surface area contributed by atoms with Gasteiger partial charge in [-0.3, -0.25) is 24.0 Å². The lowest BCUT2D eigenvalue weighted by Gasteiger charge is -2.44. The Labute approximate surface area is 207 Å². The minimum Gasteiger partial charge on any atom is -0.463 e. The van der Waals surface area contributed by atoms with Crippen molar-refractivity contribution in [1.29, 1.82) is 0 Å². The SMILES string of the molecule is CC(=O)OC[C@H]1O[C@@H](NC(=O)c2ccc3ccccc3c2)[C@H](OC(C)=O)[C@@H](OC(C)=O)[C@@H]1OC(C)=O. The Kier molecular flexibility index (Phi) is 8.59. The molecule has 1 aliphatic heterocycles. The van der Waals surface area contributed by atoms with E-state index in [2.05, 4.69) is 5.32 Å². The first kappa shape index (κ1) is 26.6. The molecule has 1 saturated heterocycles. The van der Waals surface area contributed by atoms with Gasteiger partial charge in [0, 0.05) is 33.3 Å². The molecule has 1 N–H and O–H groups in total. The van der Waals surface area contributed by atoms with E-state index in [1.807, 2.05) is 24.3 Å². The summed E-state index contributed by atoms with van der Waals surface area (Å²) < 4.78 is 27.0. The zero-order valence-electron chi connectivity index (χ0n) is 20.2. The van der Waals surface area contributed by atoms with Gasteiger partial charge in [0.1, 0.15) is 12.7 Å². The predicted molar refractivity (Wildman–Crippen MR) is 123 cm³/mol. The van der Waals surface area contributed by atoms with Crippen molar-refractivity contribution in [3.63, 3.8) is 0 Å². The Bertz CT molecular complexity index is 1160. The van der Waals surface area contributed by atoms with E-state index in [1.54, 1.807) is 18.2 Å². The van der Waals surface area contributed by atoms with Crippen LogP contribution in [0.2, 0.25) is 0 Å².